The molecule has 0 fully saturated rings. The van der Waals surface area contributed by atoms with Crippen molar-refractivity contribution in [2.24, 2.45) is 0 Å². The van der Waals surface area contributed by atoms with Gasteiger partial charge in [0.25, 0.3) is 11.5 Å². The Kier molecular flexibility index (Phi) is 6.51. The Morgan fingerprint density at radius 2 is 1.83 bits per heavy atom. The Bertz CT molecular complexity index is 1060. The van der Waals surface area contributed by atoms with E-state index in [1.807, 2.05) is 12.1 Å². The first-order chi connectivity index (χ1) is 14.0. The molecule has 0 aliphatic rings. The second kappa shape index (κ2) is 9.25. The molecule has 0 unspecified atom stereocenters. The van der Waals surface area contributed by atoms with Gasteiger partial charge in [-0.1, -0.05) is 17.7 Å². The molecule has 0 atom stereocenters. The molecule has 0 bridgehead atoms. The lowest BCUT2D eigenvalue weighted by atomic mass is 10.1. The lowest BCUT2D eigenvalue weighted by molar-refractivity contribution is 0.0952. The van der Waals surface area contributed by atoms with Crippen LogP contribution in [0.1, 0.15) is 15.9 Å². The zero-order chi connectivity index (χ0) is 20.8. The SMILES string of the molecule is COc1ccc(CCNC(=O)c2cnc(-c3ccc(Cl)cc3)[nH]c2=O)cc1OC. The van der Waals surface area contributed by atoms with Crippen LogP contribution in [0.15, 0.2) is 53.5 Å². The molecule has 0 saturated carbocycles. The number of hydrogen-bond acceptors (Lipinski definition) is 5. The highest BCUT2D eigenvalue weighted by molar-refractivity contribution is 6.30. The van der Waals surface area contributed by atoms with Gasteiger partial charge in [0, 0.05) is 23.3 Å². The van der Waals surface area contributed by atoms with Crippen LogP contribution in [0, 0.1) is 0 Å². The van der Waals surface area contributed by atoms with Gasteiger partial charge in [-0.05, 0) is 48.4 Å². The Morgan fingerprint density at radius 3 is 2.48 bits per heavy atom. The van der Waals surface area contributed by atoms with Crippen LogP contribution in [0.25, 0.3) is 11.4 Å². The van der Waals surface area contributed by atoms with E-state index in [0.717, 1.165) is 5.56 Å². The van der Waals surface area contributed by atoms with E-state index in [2.05, 4.69) is 15.3 Å². The number of aromatic amines is 1. The van der Waals surface area contributed by atoms with Gasteiger partial charge in [-0.2, -0.15) is 0 Å². The van der Waals surface area contributed by atoms with Crippen molar-refractivity contribution in [3.8, 4) is 22.9 Å². The lowest BCUT2D eigenvalue weighted by Crippen LogP contribution is -2.31. The molecule has 0 radical (unpaired) electrons. The number of amides is 1. The van der Waals surface area contributed by atoms with Gasteiger partial charge in [-0.15, -0.1) is 0 Å². The number of methoxy groups -OCH3 is 2. The molecule has 29 heavy (non-hydrogen) atoms. The van der Waals surface area contributed by atoms with Crippen LogP contribution in [0.5, 0.6) is 11.5 Å². The predicted octanol–water partition coefficient (Wildman–Crippen LogP) is 3.08. The molecule has 7 nitrogen and oxygen atoms in total. The number of H-pyrrole nitrogens is 1. The second-order valence-electron chi connectivity index (χ2n) is 6.18. The number of rotatable bonds is 7. The second-order valence-corrected chi connectivity index (χ2v) is 6.61. The van der Waals surface area contributed by atoms with E-state index in [1.165, 1.54) is 6.20 Å². The van der Waals surface area contributed by atoms with Crippen molar-refractivity contribution in [2.75, 3.05) is 20.8 Å². The molecule has 1 aromatic heterocycles. The van der Waals surface area contributed by atoms with Crippen LogP contribution in [0.3, 0.4) is 0 Å². The van der Waals surface area contributed by atoms with Crippen molar-refractivity contribution in [2.45, 2.75) is 6.42 Å². The Morgan fingerprint density at radius 1 is 1.10 bits per heavy atom. The van der Waals surface area contributed by atoms with Crippen LogP contribution in [0.2, 0.25) is 5.02 Å². The van der Waals surface area contributed by atoms with Crippen molar-refractivity contribution in [3.63, 3.8) is 0 Å². The lowest BCUT2D eigenvalue weighted by Gasteiger charge is -2.10. The molecular weight excluding hydrogens is 394 g/mol. The molecule has 0 aliphatic heterocycles. The van der Waals surface area contributed by atoms with E-state index in [4.69, 9.17) is 21.1 Å². The van der Waals surface area contributed by atoms with E-state index in [-0.39, 0.29) is 5.56 Å². The van der Waals surface area contributed by atoms with Crippen LogP contribution < -0.4 is 20.3 Å². The first-order valence-corrected chi connectivity index (χ1v) is 9.24. The van der Waals surface area contributed by atoms with E-state index in [9.17, 15) is 9.59 Å². The minimum absolute atomic E-state index is 0.0463. The van der Waals surface area contributed by atoms with Gasteiger partial charge < -0.3 is 19.8 Å². The topological polar surface area (TPSA) is 93.3 Å². The molecule has 1 amide bonds. The average molecular weight is 414 g/mol. The van der Waals surface area contributed by atoms with Gasteiger partial charge in [0.2, 0.25) is 0 Å². The highest BCUT2D eigenvalue weighted by Crippen LogP contribution is 2.27. The van der Waals surface area contributed by atoms with E-state index in [1.54, 1.807) is 44.6 Å². The number of aromatic nitrogens is 2. The van der Waals surface area contributed by atoms with Crippen molar-refractivity contribution in [1.29, 1.82) is 0 Å². The summed E-state index contributed by atoms with van der Waals surface area (Å²) in [7, 11) is 3.14. The fourth-order valence-electron chi connectivity index (χ4n) is 2.76. The molecule has 150 valence electrons. The average Bonchev–Trinajstić information content (AvgIpc) is 2.74. The maximum atomic E-state index is 12.3. The summed E-state index contributed by atoms with van der Waals surface area (Å²) in [6.45, 7) is 0.354. The Hall–Kier alpha value is -3.32. The first-order valence-electron chi connectivity index (χ1n) is 8.86. The molecule has 8 heteroatoms. The Labute approximate surface area is 172 Å². The standard InChI is InChI=1S/C21H20ClN3O4/c1-28-17-8-3-13(11-18(17)29-2)9-10-23-20(26)16-12-24-19(25-21(16)27)14-4-6-15(22)7-5-14/h3-8,11-12H,9-10H2,1-2H3,(H,23,26)(H,24,25,27). The van der Waals surface area contributed by atoms with Gasteiger partial charge in [0.05, 0.1) is 14.2 Å². The minimum Gasteiger partial charge on any atom is -0.493 e. The van der Waals surface area contributed by atoms with Crippen molar-refractivity contribution < 1.29 is 14.3 Å². The molecule has 2 N–H and O–H groups in total. The van der Waals surface area contributed by atoms with Crippen molar-refractivity contribution in [1.82, 2.24) is 15.3 Å². The summed E-state index contributed by atoms with van der Waals surface area (Å²) in [6, 6.07) is 12.4. The van der Waals surface area contributed by atoms with Crippen LogP contribution in [-0.2, 0) is 6.42 Å². The number of nitrogens with zero attached hydrogens (tertiary/aromatic N) is 1. The maximum absolute atomic E-state index is 12.3. The molecule has 1 heterocycles. The molecule has 0 spiro atoms. The fourth-order valence-corrected chi connectivity index (χ4v) is 2.89. The van der Waals surface area contributed by atoms with Gasteiger partial charge in [0.1, 0.15) is 11.4 Å². The number of benzene rings is 2. The molecule has 3 aromatic rings. The van der Waals surface area contributed by atoms with Crippen LogP contribution >= 0.6 is 11.6 Å². The largest absolute Gasteiger partial charge is 0.493 e. The number of carbonyl (C=O) groups excluding carboxylic acids is 1. The first kappa shape index (κ1) is 20.4. The summed E-state index contributed by atoms with van der Waals surface area (Å²) < 4.78 is 10.5. The zero-order valence-electron chi connectivity index (χ0n) is 16.0. The van der Waals surface area contributed by atoms with Crippen molar-refractivity contribution in [3.05, 3.63) is 75.2 Å². The van der Waals surface area contributed by atoms with Gasteiger partial charge in [0.15, 0.2) is 11.5 Å². The smallest absolute Gasteiger partial charge is 0.264 e. The van der Waals surface area contributed by atoms with Crippen molar-refractivity contribution >= 4 is 17.5 Å². The molecule has 0 saturated heterocycles. The maximum Gasteiger partial charge on any atom is 0.264 e. The molecule has 0 aliphatic carbocycles. The predicted molar refractivity (Wildman–Crippen MR) is 111 cm³/mol. The molecule has 3 rings (SSSR count). The summed E-state index contributed by atoms with van der Waals surface area (Å²) >= 11 is 5.86. The summed E-state index contributed by atoms with van der Waals surface area (Å²) in [5.74, 6) is 1.14. The third kappa shape index (κ3) is 4.94. The summed E-state index contributed by atoms with van der Waals surface area (Å²) in [6.07, 6.45) is 1.84. The van der Waals surface area contributed by atoms with Crippen LogP contribution in [-0.4, -0.2) is 36.6 Å². The number of halogens is 1. The fraction of sp³-hybridized carbons (Fsp3) is 0.190. The van der Waals surface area contributed by atoms with Gasteiger partial charge >= 0.3 is 0 Å². The normalized spacial score (nSPS) is 10.4. The number of hydrogen-bond donors (Lipinski definition) is 2. The highest BCUT2D eigenvalue weighted by Gasteiger charge is 2.12. The van der Waals surface area contributed by atoms with E-state index >= 15 is 0 Å². The van der Waals surface area contributed by atoms with E-state index < -0.39 is 11.5 Å². The summed E-state index contributed by atoms with van der Waals surface area (Å²) in [4.78, 5) is 31.4. The minimum atomic E-state index is -0.506. The summed E-state index contributed by atoms with van der Waals surface area (Å²) in [5.41, 5.74) is 1.11. The zero-order valence-corrected chi connectivity index (χ0v) is 16.7. The number of ether oxygens (including phenoxy) is 2. The molecular formula is C21H20ClN3O4. The van der Waals surface area contributed by atoms with Gasteiger partial charge in [-0.3, -0.25) is 9.59 Å². The molecule has 2 aromatic carbocycles. The summed E-state index contributed by atoms with van der Waals surface area (Å²) in [5, 5.41) is 3.32. The number of nitrogens with one attached hydrogen (secondary N) is 2. The highest BCUT2D eigenvalue weighted by atomic mass is 35.5. The van der Waals surface area contributed by atoms with E-state index in [0.29, 0.717) is 40.9 Å². The van der Waals surface area contributed by atoms with Crippen LogP contribution in [0.4, 0.5) is 0 Å². The third-order valence-corrected chi connectivity index (χ3v) is 4.56. The number of carbonyl (C=O) groups is 1. The third-order valence-electron chi connectivity index (χ3n) is 4.31. The quantitative estimate of drug-likeness (QED) is 0.620. The van der Waals surface area contributed by atoms with Gasteiger partial charge in [-0.25, -0.2) is 4.98 Å². The monoisotopic (exact) mass is 413 g/mol. The Balaban J connectivity index is 1.64.